The molecule has 0 saturated carbocycles. The number of fused-ring (bicyclic) bond motifs is 13. The Hall–Kier alpha value is -8.57. The lowest BCUT2D eigenvalue weighted by Gasteiger charge is -2.30. The van der Waals surface area contributed by atoms with Crippen LogP contribution >= 0.6 is 11.3 Å². The molecule has 0 atom stereocenters. The molecule has 10 aromatic carbocycles. The van der Waals surface area contributed by atoms with Crippen molar-refractivity contribution in [1.29, 1.82) is 0 Å². The second-order valence-corrected chi connectivity index (χ2v) is 18.8. The van der Waals surface area contributed by atoms with Gasteiger partial charge < -0.3 is 0 Å². The molecule has 0 fully saturated rings. The summed E-state index contributed by atoms with van der Waals surface area (Å²) >= 11 is 1.87. The molecule has 12 aromatic rings. The first-order valence-electron chi connectivity index (χ1n) is 23.2. The molecule has 0 amide bonds. The van der Waals surface area contributed by atoms with Crippen molar-refractivity contribution >= 4 is 31.5 Å². The van der Waals surface area contributed by atoms with Crippen LogP contribution in [0.1, 0.15) is 22.3 Å². The van der Waals surface area contributed by atoms with E-state index in [0.29, 0.717) is 17.5 Å². The van der Waals surface area contributed by atoms with E-state index in [0.717, 1.165) is 44.5 Å². The maximum atomic E-state index is 5.45. The molecule has 2 aliphatic rings. The summed E-state index contributed by atoms with van der Waals surface area (Å²) in [5.74, 6) is 1.90. The van der Waals surface area contributed by atoms with Gasteiger partial charge in [0.25, 0.3) is 0 Å². The summed E-state index contributed by atoms with van der Waals surface area (Å²) < 4.78 is 2.64. The van der Waals surface area contributed by atoms with Gasteiger partial charge in [-0.1, -0.05) is 231 Å². The van der Waals surface area contributed by atoms with Crippen LogP contribution in [0.25, 0.3) is 110 Å². The largest absolute Gasteiger partial charge is 0.208 e. The highest BCUT2D eigenvalue weighted by Gasteiger charge is 2.52. The van der Waals surface area contributed by atoms with Gasteiger partial charge in [-0.25, -0.2) is 15.0 Å². The normalized spacial score (nSPS) is 12.8. The van der Waals surface area contributed by atoms with Crippen molar-refractivity contribution in [2.24, 2.45) is 0 Å². The molecule has 4 heteroatoms. The summed E-state index contributed by atoms with van der Waals surface area (Å²) in [6, 6.07) is 85.5. The molecule has 0 N–H and O–H groups in total. The van der Waals surface area contributed by atoms with E-state index in [9.17, 15) is 0 Å². The van der Waals surface area contributed by atoms with E-state index in [4.69, 9.17) is 15.0 Å². The number of benzene rings is 10. The van der Waals surface area contributed by atoms with Gasteiger partial charge in [0.1, 0.15) is 0 Å². The standard InChI is InChI=1S/C64H39N3S/c1-2-16-42(17-3-1)45-18-4-5-22-51(45)62-65-61(44-38-34-41(35-39-44)40-32-36-43(37-33-40)46-24-14-25-50-49-21-9-13-31-58(49)68-60(46)50)66-63(67-62)53-26-15-30-57-59(53)52-23-8-12-29-56(52)64(57)54-27-10-6-19-47(54)48-20-7-11-28-55(48)64/h1-39H. The topological polar surface area (TPSA) is 38.7 Å². The van der Waals surface area contributed by atoms with E-state index >= 15 is 0 Å². The molecule has 2 aromatic heterocycles. The van der Waals surface area contributed by atoms with Gasteiger partial charge in [-0.3, -0.25) is 0 Å². The maximum absolute atomic E-state index is 5.45. The van der Waals surface area contributed by atoms with Crippen LogP contribution in [-0.2, 0) is 5.41 Å². The molecule has 2 aliphatic carbocycles. The van der Waals surface area contributed by atoms with Gasteiger partial charge in [0, 0.05) is 36.9 Å². The van der Waals surface area contributed by atoms with Gasteiger partial charge in [-0.2, -0.15) is 0 Å². The zero-order chi connectivity index (χ0) is 44.8. The first kappa shape index (κ1) is 38.7. The maximum Gasteiger partial charge on any atom is 0.164 e. The highest BCUT2D eigenvalue weighted by Crippen LogP contribution is 2.63. The van der Waals surface area contributed by atoms with Crippen molar-refractivity contribution in [1.82, 2.24) is 15.0 Å². The van der Waals surface area contributed by atoms with Crippen molar-refractivity contribution in [3.8, 4) is 89.8 Å². The van der Waals surface area contributed by atoms with Crippen molar-refractivity contribution in [3.05, 3.63) is 259 Å². The van der Waals surface area contributed by atoms with Gasteiger partial charge in [-0.15, -0.1) is 11.3 Å². The second kappa shape index (κ2) is 15.2. The van der Waals surface area contributed by atoms with Crippen molar-refractivity contribution in [2.75, 3.05) is 0 Å². The Kier molecular flexibility index (Phi) is 8.67. The highest BCUT2D eigenvalue weighted by atomic mass is 32.1. The summed E-state index contributed by atoms with van der Waals surface area (Å²) in [6.07, 6.45) is 0. The Labute approximate surface area is 398 Å². The van der Waals surface area contributed by atoms with E-state index < -0.39 is 5.41 Å². The van der Waals surface area contributed by atoms with Crippen molar-refractivity contribution in [2.45, 2.75) is 5.41 Å². The number of nitrogens with zero attached hydrogens (tertiary/aromatic N) is 3. The van der Waals surface area contributed by atoms with Crippen molar-refractivity contribution in [3.63, 3.8) is 0 Å². The number of rotatable bonds is 6. The smallest absolute Gasteiger partial charge is 0.164 e. The fourth-order valence-corrected chi connectivity index (χ4v) is 12.5. The van der Waals surface area contributed by atoms with Crippen LogP contribution in [0.2, 0.25) is 0 Å². The van der Waals surface area contributed by atoms with E-state index in [1.165, 1.54) is 70.2 Å². The van der Waals surface area contributed by atoms with Crippen LogP contribution in [-0.4, -0.2) is 15.0 Å². The molecule has 0 radical (unpaired) electrons. The monoisotopic (exact) mass is 881 g/mol. The van der Waals surface area contributed by atoms with Crippen LogP contribution in [0, 0.1) is 0 Å². The summed E-state index contributed by atoms with van der Waals surface area (Å²) in [4.78, 5) is 16.2. The average Bonchev–Trinajstić information content (AvgIpc) is 4.06. The van der Waals surface area contributed by atoms with Gasteiger partial charge >= 0.3 is 0 Å². The third kappa shape index (κ3) is 5.74. The van der Waals surface area contributed by atoms with Crippen molar-refractivity contribution < 1.29 is 0 Å². The minimum Gasteiger partial charge on any atom is -0.208 e. The minimum atomic E-state index is -0.478. The molecule has 14 rings (SSSR count). The third-order valence-electron chi connectivity index (χ3n) is 14.2. The van der Waals surface area contributed by atoms with Gasteiger partial charge in [0.15, 0.2) is 17.5 Å². The Morgan fingerprint density at radius 2 is 0.706 bits per heavy atom. The number of aromatic nitrogens is 3. The number of thiophene rings is 1. The average molecular weight is 882 g/mol. The molecule has 3 nitrogen and oxygen atoms in total. The SMILES string of the molecule is c1ccc(-c2ccccc2-c2nc(-c3ccc(-c4ccc(-c5cccc6c5sc5ccccc56)cc4)cc3)nc(-c3cccc4c3-c3ccccc3C43c4ccccc4-c4ccccc43)n2)cc1. The molecule has 0 saturated heterocycles. The van der Waals surface area contributed by atoms with Gasteiger partial charge in [0.05, 0.1) is 5.41 Å². The predicted octanol–water partition coefficient (Wildman–Crippen LogP) is 16.6. The minimum absolute atomic E-state index is 0.478. The Balaban J connectivity index is 0.912. The van der Waals surface area contributed by atoms with E-state index in [1.54, 1.807) is 0 Å². The molecular formula is C64H39N3S. The van der Waals surface area contributed by atoms with Crippen LogP contribution in [0.3, 0.4) is 0 Å². The van der Waals surface area contributed by atoms with Crippen LogP contribution in [0.15, 0.2) is 237 Å². The van der Waals surface area contributed by atoms with E-state index in [2.05, 4.69) is 237 Å². The molecule has 316 valence electrons. The van der Waals surface area contributed by atoms with Crippen LogP contribution in [0.5, 0.6) is 0 Å². The summed E-state index contributed by atoms with van der Waals surface area (Å²) in [5, 5.41) is 2.63. The zero-order valence-electron chi connectivity index (χ0n) is 36.8. The summed E-state index contributed by atoms with van der Waals surface area (Å²) in [6.45, 7) is 0. The molecule has 0 unspecified atom stereocenters. The summed E-state index contributed by atoms with van der Waals surface area (Å²) in [5.41, 5.74) is 19.4. The lowest BCUT2D eigenvalue weighted by atomic mass is 9.70. The van der Waals surface area contributed by atoms with E-state index in [-0.39, 0.29) is 0 Å². The highest BCUT2D eigenvalue weighted by molar-refractivity contribution is 7.26. The van der Waals surface area contributed by atoms with Gasteiger partial charge in [-0.05, 0) is 84.0 Å². The molecule has 68 heavy (non-hydrogen) atoms. The lowest BCUT2D eigenvalue weighted by Crippen LogP contribution is -2.25. The molecular weight excluding hydrogens is 843 g/mol. The fourth-order valence-electron chi connectivity index (χ4n) is 11.3. The molecule has 1 spiro atoms. The van der Waals surface area contributed by atoms with Crippen LogP contribution < -0.4 is 0 Å². The predicted molar refractivity (Wildman–Crippen MR) is 282 cm³/mol. The van der Waals surface area contributed by atoms with Crippen LogP contribution in [0.4, 0.5) is 0 Å². The number of hydrogen-bond donors (Lipinski definition) is 0. The molecule has 2 heterocycles. The second-order valence-electron chi connectivity index (χ2n) is 17.8. The Bertz CT molecular complexity index is 3920. The quantitative estimate of drug-likeness (QED) is 0.167. The first-order valence-corrected chi connectivity index (χ1v) is 24.0. The number of hydrogen-bond acceptors (Lipinski definition) is 4. The fraction of sp³-hybridized carbons (Fsp3) is 0.0156. The molecule has 0 bridgehead atoms. The zero-order valence-corrected chi connectivity index (χ0v) is 37.6. The Morgan fingerprint density at radius 1 is 0.265 bits per heavy atom. The molecule has 0 aliphatic heterocycles. The Morgan fingerprint density at radius 3 is 1.41 bits per heavy atom. The van der Waals surface area contributed by atoms with Gasteiger partial charge in [0.2, 0.25) is 0 Å². The van der Waals surface area contributed by atoms with E-state index in [1.807, 2.05) is 11.3 Å². The third-order valence-corrected chi connectivity index (χ3v) is 15.4. The first-order chi connectivity index (χ1) is 33.7. The summed E-state index contributed by atoms with van der Waals surface area (Å²) in [7, 11) is 0. The lowest BCUT2D eigenvalue weighted by molar-refractivity contribution is 0.794.